The lowest BCUT2D eigenvalue weighted by Gasteiger charge is -2.17. The molecule has 3 rings (SSSR count). The van der Waals surface area contributed by atoms with Crippen molar-refractivity contribution in [3.63, 3.8) is 0 Å². The number of fused-ring (bicyclic) bond motifs is 3. The van der Waals surface area contributed by atoms with Crippen molar-refractivity contribution in [1.29, 1.82) is 0 Å². The van der Waals surface area contributed by atoms with Crippen LogP contribution in [0.15, 0.2) is 42.6 Å². The second kappa shape index (κ2) is 5.84. The van der Waals surface area contributed by atoms with Gasteiger partial charge in [0.15, 0.2) is 0 Å². The highest BCUT2D eigenvalue weighted by atomic mass is 16.5. The minimum Gasteiger partial charge on any atom is -0.465 e. The molecule has 3 heteroatoms. The quantitative estimate of drug-likeness (QED) is 0.847. The molecule has 0 spiro atoms. The molecule has 0 aromatic carbocycles. The predicted octanol–water partition coefficient (Wildman–Crippen LogP) is 4.50. The summed E-state index contributed by atoms with van der Waals surface area (Å²) in [6, 6.07) is 10.7. The second-order valence-electron chi connectivity index (χ2n) is 5.90. The highest BCUT2D eigenvalue weighted by molar-refractivity contribution is 5.93. The normalized spacial score (nSPS) is 16.5. The van der Waals surface area contributed by atoms with E-state index in [1.54, 1.807) is 0 Å². The minimum absolute atomic E-state index is 0.190. The van der Waals surface area contributed by atoms with Gasteiger partial charge in [-0.2, -0.15) is 0 Å². The molecular formula is C19H21NO2. The third kappa shape index (κ3) is 2.47. The number of anilines is 1. The molecule has 0 fully saturated rings. The molecule has 0 aromatic rings. The van der Waals surface area contributed by atoms with E-state index in [4.69, 9.17) is 4.74 Å². The van der Waals surface area contributed by atoms with Crippen LogP contribution < -0.4 is 5.32 Å². The first-order valence-electron chi connectivity index (χ1n) is 7.78. The zero-order valence-electron chi connectivity index (χ0n) is 13.2. The maximum atomic E-state index is 12.2. The molecule has 1 N–H and O–H groups in total. The number of ether oxygens (including phenoxy) is 1. The van der Waals surface area contributed by atoms with Crippen LogP contribution in [0, 0.1) is 0 Å². The van der Waals surface area contributed by atoms with E-state index in [2.05, 4.69) is 49.5 Å². The molecule has 3 nitrogen and oxygen atoms in total. The van der Waals surface area contributed by atoms with Gasteiger partial charge in [-0.15, -0.1) is 0 Å². The molecule has 2 aliphatic carbocycles. The molecule has 1 unspecified atom stereocenters. The summed E-state index contributed by atoms with van der Waals surface area (Å²) in [5, 5.41) is 3.29. The first-order chi connectivity index (χ1) is 10.6. The lowest BCUT2D eigenvalue weighted by Crippen LogP contribution is -2.17. The third-order valence-corrected chi connectivity index (χ3v) is 4.11. The van der Waals surface area contributed by atoms with Gasteiger partial charge in [0.1, 0.15) is 5.92 Å². The molecule has 0 radical (unpaired) electrons. The van der Waals surface area contributed by atoms with E-state index in [0.717, 1.165) is 22.4 Å². The van der Waals surface area contributed by atoms with Crippen LogP contribution in [-0.4, -0.2) is 12.6 Å². The van der Waals surface area contributed by atoms with E-state index in [1.807, 2.05) is 19.2 Å². The molecule has 0 amide bonds. The Morgan fingerprint density at radius 3 is 2.86 bits per heavy atom. The monoisotopic (exact) mass is 295 g/mol. The first-order valence-corrected chi connectivity index (χ1v) is 7.78. The van der Waals surface area contributed by atoms with Crippen molar-refractivity contribution in [2.45, 2.75) is 32.6 Å². The fourth-order valence-electron chi connectivity index (χ4n) is 2.93. The molecule has 3 aliphatic rings. The van der Waals surface area contributed by atoms with Crippen molar-refractivity contribution >= 4 is 11.7 Å². The number of hydrogen-bond acceptors (Lipinski definition) is 3. The smallest absolute Gasteiger partial charge is 0.317 e. The van der Waals surface area contributed by atoms with Gasteiger partial charge in [0.05, 0.1) is 12.3 Å². The van der Waals surface area contributed by atoms with E-state index in [9.17, 15) is 4.79 Å². The Bertz CT molecular complexity index is 703. The van der Waals surface area contributed by atoms with Gasteiger partial charge >= 0.3 is 5.97 Å². The number of esters is 1. The maximum Gasteiger partial charge on any atom is 0.317 e. The topological polar surface area (TPSA) is 38.3 Å². The summed E-state index contributed by atoms with van der Waals surface area (Å²) >= 11 is 0. The fourth-order valence-corrected chi connectivity index (χ4v) is 2.93. The van der Waals surface area contributed by atoms with Gasteiger partial charge in [-0.05, 0) is 47.9 Å². The fraction of sp³-hybridized carbons (Fsp3) is 0.316. The Balaban J connectivity index is 2.10. The molecule has 114 valence electrons. The third-order valence-electron chi connectivity index (χ3n) is 4.11. The number of carbonyl (C=O) groups excluding carboxylic acids is 1. The molecule has 0 bridgehead atoms. The molecular weight excluding hydrogens is 274 g/mol. The summed E-state index contributed by atoms with van der Waals surface area (Å²) in [6.45, 7) is 6.61. The molecule has 1 aliphatic heterocycles. The Morgan fingerprint density at radius 1 is 1.32 bits per heavy atom. The van der Waals surface area contributed by atoms with Crippen LogP contribution in [0.2, 0.25) is 0 Å². The van der Waals surface area contributed by atoms with Crippen LogP contribution in [0.3, 0.4) is 0 Å². The van der Waals surface area contributed by atoms with Gasteiger partial charge in [0, 0.05) is 5.56 Å². The predicted molar refractivity (Wildman–Crippen MR) is 89.3 cm³/mol. The maximum absolute atomic E-state index is 12.2. The summed E-state index contributed by atoms with van der Waals surface area (Å²) in [5.41, 5.74) is 5.60. The van der Waals surface area contributed by atoms with Crippen LogP contribution in [0.25, 0.3) is 11.1 Å². The van der Waals surface area contributed by atoms with Gasteiger partial charge in [-0.3, -0.25) is 4.79 Å². The van der Waals surface area contributed by atoms with Crippen LogP contribution in [0.5, 0.6) is 0 Å². The van der Waals surface area contributed by atoms with E-state index >= 15 is 0 Å². The summed E-state index contributed by atoms with van der Waals surface area (Å²) in [7, 11) is 0. The van der Waals surface area contributed by atoms with Crippen molar-refractivity contribution in [2.24, 2.45) is 0 Å². The molecule has 0 aromatic heterocycles. The van der Waals surface area contributed by atoms with Gasteiger partial charge in [-0.1, -0.05) is 38.1 Å². The van der Waals surface area contributed by atoms with Crippen molar-refractivity contribution in [3.05, 3.63) is 53.7 Å². The number of hydrogen-bond donors (Lipinski definition) is 1. The van der Waals surface area contributed by atoms with Crippen molar-refractivity contribution < 1.29 is 9.53 Å². The Labute approximate surface area is 131 Å². The summed E-state index contributed by atoms with van der Waals surface area (Å²) < 4.78 is 5.20. The van der Waals surface area contributed by atoms with E-state index in [0.29, 0.717) is 12.5 Å². The average molecular weight is 295 g/mol. The zero-order valence-corrected chi connectivity index (χ0v) is 13.2. The van der Waals surface area contributed by atoms with Gasteiger partial charge in [0.25, 0.3) is 0 Å². The standard InChI is InChI=1S/C19H21NO2/c1-4-22-19(21)16-8-9-20-18-15-7-5-6-13(12(2)3)10-14(15)11-17(16)18/h5-12,16,20H,4H2,1-3H3. The largest absolute Gasteiger partial charge is 0.465 e. The van der Waals surface area contributed by atoms with Gasteiger partial charge in [-0.25, -0.2) is 0 Å². The van der Waals surface area contributed by atoms with Crippen LogP contribution >= 0.6 is 0 Å². The van der Waals surface area contributed by atoms with Gasteiger partial charge < -0.3 is 10.1 Å². The van der Waals surface area contributed by atoms with E-state index in [-0.39, 0.29) is 11.9 Å². The highest BCUT2D eigenvalue weighted by Crippen LogP contribution is 2.43. The van der Waals surface area contributed by atoms with Crippen LogP contribution in [-0.2, 0) is 9.53 Å². The molecule has 22 heavy (non-hydrogen) atoms. The lowest BCUT2D eigenvalue weighted by molar-refractivity contribution is -0.143. The average Bonchev–Trinajstić information content (AvgIpc) is 2.70. The van der Waals surface area contributed by atoms with Crippen molar-refractivity contribution in [1.82, 2.24) is 0 Å². The Morgan fingerprint density at radius 2 is 2.14 bits per heavy atom. The summed E-state index contributed by atoms with van der Waals surface area (Å²) in [4.78, 5) is 12.2. The van der Waals surface area contributed by atoms with Gasteiger partial charge in [0.2, 0.25) is 0 Å². The van der Waals surface area contributed by atoms with E-state index in [1.165, 1.54) is 5.56 Å². The summed E-state index contributed by atoms with van der Waals surface area (Å²) in [5.74, 6) is -0.0452. The van der Waals surface area contributed by atoms with Crippen molar-refractivity contribution in [2.75, 3.05) is 11.9 Å². The number of nitrogens with one attached hydrogen (secondary N) is 1. The first kappa shape index (κ1) is 14.6. The SMILES string of the molecule is CCOC(=O)C1C=CNc2c3cccc(C(C)C)cc-3cc21. The molecule has 1 atom stereocenters. The Kier molecular flexibility index (Phi) is 3.88. The molecule has 0 saturated carbocycles. The lowest BCUT2D eigenvalue weighted by atomic mass is 9.98. The molecule has 0 saturated heterocycles. The van der Waals surface area contributed by atoms with Crippen LogP contribution in [0.4, 0.5) is 5.69 Å². The summed E-state index contributed by atoms with van der Waals surface area (Å²) in [6.07, 6.45) is 3.70. The number of carbonyl (C=O) groups is 1. The zero-order chi connectivity index (χ0) is 15.7. The van der Waals surface area contributed by atoms with Crippen molar-refractivity contribution in [3.8, 4) is 11.1 Å². The Hall–Kier alpha value is -2.29. The van der Waals surface area contributed by atoms with Crippen LogP contribution in [0.1, 0.15) is 43.7 Å². The highest BCUT2D eigenvalue weighted by Gasteiger charge is 2.28. The second-order valence-corrected chi connectivity index (χ2v) is 5.90. The molecule has 1 heterocycles. The number of rotatable bonds is 3. The van der Waals surface area contributed by atoms with E-state index < -0.39 is 0 Å². The minimum atomic E-state index is -0.323.